The predicted octanol–water partition coefficient (Wildman–Crippen LogP) is 10.8. The zero-order chi connectivity index (χ0) is 38.7. The van der Waals surface area contributed by atoms with Crippen molar-refractivity contribution in [3.8, 4) is 22.3 Å². The molecule has 4 aromatic carbocycles. The summed E-state index contributed by atoms with van der Waals surface area (Å²) in [6.45, 7) is 0. The lowest BCUT2D eigenvalue weighted by molar-refractivity contribution is 0.675. The minimum Gasteiger partial charge on any atom is -0.283 e. The molecule has 0 aliphatic heterocycles. The monoisotopic (exact) mass is 820 g/mol. The Morgan fingerprint density at radius 1 is 0.544 bits per heavy atom. The van der Waals surface area contributed by atoms with E-state index in [-0.39, 0.29) is 0 Å². The molecule has 0 saturated heterocycles. The van der Waals surface area contributed by atoms with Crippen molar-refractivity contribution in [2.75, 3.05) is 0 Å². The van der Waals surface area contributed by atoms with Crippen molar-refractivity contribution in [1.29, 1.82) is 0 Å². The molecule has 1 atom stereocenters. The van der Waals surface area contributed by atoms with Gasteiger partial charge in [0.1, 0.15) is 22.6 Å². The van der Waals surface area contributed by atoms with Gasteiger partial charge in [0.25, 0.3) is 0 Å². The Morgan fingerprint density at radius 3 is 1.63 bits per heavy atom. The van der Waals surface area contributed by atoms with Gasteiger partial charge in [-0.25, -0.2) is 29.9 Å². The van der Waals surface area contributed by atoms with Crippen molar-refractivity contribution in [3.63, 3.8) is 0 Å². The van der Waals surface area contributed by atoms with Crippen LogP contribution in [0.2, 0.25) is 10.0 Å². The number of pyridine rings is 2. The fraction of sp³-hybridized carbons (Fsp3) is 0.0455. The smallest absolute Gasteiger partial charge is 0.220 e. The third kappa shape index (κ3) is 7.62. The van der Waals surface area contributed by atoms with Crippen LogP contribution in [0.1, 0.15) is 11.1 Å². The Kier molecular flexibility index (Phi) is 10.4. The van der Waals surface area contributed by atoms with Crippen molar-refractivity contribution in [3.05, 3.63) is 180 Å². The number of hydrogen-bond acceptors (Lipinski definition) is 8. The zero-order valence-corrected chi connectivity index (χ0v) is 33.1. The van der Waals surface area contributed by atoms with Crippen molar-refractivity contribution >= 4 is 79.1 Å². The molecule has 0 fully saturated rings. The molecule has 0 radical (unpaired) electrons. The Balaban J connectivity index is 0.000000148. The highest BCUT2D eigenvalue weighted by atomic mass is 35.5. The number of halogens is 2. The van der Waals surface area contributed by atoms with Gasteiger partial charge >= 0.3 is 0 Å². The molecule has 57 heavy (non-hydrogen) atoms. The second-order valence-corrected chi connectivity index (χ2v) is 16.0. The molecule has 9 nitrogen and oxygen atoms in total. The molecule has 6 aromatic heterocycles. The van der Waals surface area contributed by atoms with Crippen molar-refractivity contribution < 1.29 is 4.21 Å². The highest BCUT2D eigenvalue weighted by Gasteiger charge is 2.17. The molecule has 0 amide bonds. The summed E-state index contributed by atoms with van der Waals surface area (Å²) < 4.78 is 16.7. The zero-order valence-electron chi connectivity index (χ0n) is 30.0. The van der Waals surface area contributed by atoms with Gasteiger partial charge in [-0.3, -0.25) is 13.0 Å². The van der Waals surface area contributed by atoms with Crippen LogP contribution in [0.3, 0.4) is 0 Å². The van der Waals surface area contributed by atoms with Gasteiger partial charge in [0.2, 0.25) is 5.16 Å². The highest BCUT2D eigenvalue weighted by Crippen LogP contribution is 2.35. The van der Waals surface area contributed by atoms with Crippen LogP contribution >= 0.6 is 35.0 Å². The number of thioether (sulfide) groups is 1. The van der Waals surface area contributed by atoms with E-state index in [1.165, 1.54) is 5.56 Å². The first-order valence-corrected chi connectivity index (χ1v) is 20.9. The molecule has 13 heteroatoms. The average Bonchev–Trinajstić information content (AvgIpc) is 3.96. The van der Waals surface area contributed by atoms with Gasteiger partial charge < -0.3 is 0 Å². The third-order valence-corrected chi connectivity index (χ3v) is 12.0. The van der Waals surface area contributed by atoms with E-state index in [0.29, 0.717) is 26.6 Å². The molecule has 278 valence electrons. The number of aromatic nitrogens is 8. The maximum atomic E-state index is 12.8. The summed E-state index contributed by atoms with van der Waals surface area (Å²) in [4.78, 5) is 27.4. The van der Waals surface area contributed by atoms with Crippen LogP contribution in [-0.4, -0.2) is 42.9 Å². The summed E-state index contributed by atoms with van der Waals surface area (Å²) in [6, 6.07) is 39.5. The van der Waals surface area contributed by atoms with Crippen molar-refractivity contribution in [1.82, 2.24) is 38.7 Å². The van der Waals surface area contributed by atoms with Crippen LogP contribution in [0.15, 0.2) is 169 Å². The van der Waals surface area contributed by atoms with E-state index >= 15 is 0 Å². The van der Waals surface area contributed by atoms with Crippen LogP contribution in [-0.2, 0) is 22.3 Å². The molecule has 0 saturated carbocycles. The van der Waals surface area contributed by atoms with Crippen molar-refractivity contribution in [2.24, 2.45) is 0 Å². The van der Waals surface area contributed by atoms with Gasteiger partial charge in [-0.1, -0.05) is 132 Å². The standard InChI is InChI=1S/C22H15ClN4OS.C22H15ClN4S/c23-19-9-5-4-8-17(19)18-12-16-13-25-22(26-20(16)27-11-10-24-21(18)27)29(28)14-15-6-2-1-3-7-15;23-19-9-5-4-8-17(19)18-12-16-13-25-22(28-14-15-6-2-1-3-7-15)26-20(16)27-11-10-24-21(18)27/h1-13H,14H2;1-13H,14H2. The van der Waals surface area contributed by atoms with E-state index in [1.54, 1.807) is 30.4 Å². The van der Waals surface area contributed by atoms with Crippen LogP contribution in [0, 0.1) is 0 Å². The average molecular weight is 822 g/mol. The lowest BCUT2D eigenvalue weighted by Crippen LogP contribution is -2.04. The topological polar surface area (TPSA) is 103 Å². The minimum atomic E-state index is -1.34. The number of benzene rings is 4. The number of hydrogen-bond donors (Lipinski definition) is 0. The highest BCUT2D eigenvalue weighted by molar-refractivity contribution is 7.98. The molecule has 10 aromatic rings. The maximum absolute atomic E-state index is 12.8. The van der Waals surface area contributed by atoms with E-state index in [1.807, 2.05) is 131 Å². The van der Waals surface area contributed by atoms with Gasteiger partial charge in [-0.15, -0.1) is 0 Å². The van der Waals surface area contributed by atoms with Gasteiger partial charge in [0.05, 0.1) is 16.6 Å². The summed E-state index contributed by atoms with van der Waals surface area (Å²) >= 11 is 14.5. The van der Waals surface area contributed by atoms with Crippen molar-refractivity contribution in [2.45, 2.75) is 21.8 Å². The first-order valence-electron chi connectivity index (χ1n) is 17.8. The van der Waals surface area contributed by atoms with Crippen LogP contribution < -0.4 is 0 Å². The fourth-order valence-corrected chi connectivity index (χ4v) is 8.78. The SMILES string of the molecule is Clc1ccccc1-c1cc2cnc(SCc3ccccc3)nc2n2ccnc12.O=S(Cc1ccccc1)c1ncc2cc(-c3ccccc3Cl)c3nccn3c2n1. The first-order chi connectivity index (χ1) is 28.0. The quantitative estimate of drug-likeness (QED) is 0.110. The van der Waals surface area contributed by atoms with Crippen LogP contribution in [0.25, 0.3) is 55.6 Å². The lowest BCUT2D eigenvalue weighted by atomic mass is 10.1. The first kappa shape index (κ1) is 36.6. The fourth-order valence-electron chi connectivity index (χ4n) is 6.56. The normalized spacial score (nSPS) is 11.9. The molecule has 6 heterocycles. The molecule has 0 N–H and O–H groups in total. The van der Waals surface area contributed by atoms with E-state index in [2.05, 4.69) is 43.1 Å². The third-order valence-electron chi connectivity index (χ3n) is 9.25. The van der Waals surface area contributed by atoms with Gasteiger partial charge in [-0.2, -0.15) is 0 Å². The van der Waals surface area contributed by atoms with Crippen LogP contribution in [0.5, 0.6) is 0 Å². The van der Waals surface area contributed by atoms with E-state index in [0.717, 1.165) is 66.4 Å². The molecule has 0 spiro atoms. The molecule has 1 unspecified atom stereocenters. The summed E-state index contributed by atoms with van der Waals surface area (Å²) in [7, 11) is -1.34. The Hall–Kier alpha value is -5.98. The molecule has 0 bridgehead atoms. The van der Waals surface area contributed by atoms with E-state index in [9.17, 15) is 4.21 Å². The summed E-state index contributed by atoms with van der Waals surface area (Å²) in [5, 5.41) is 4.18. The number of fused-ring (bicyclic) bond motifs is 6. The Morgan fingerprint density at radius 2 is 1.05 bits per heavy atom. The summed E-state index contributed by atoms with van der Waals surface area (Å²) in [5.41, 5.74) is 9.02. The van der Waals surface area contributed by atoms with Gasteiger partial charge in [0, 0.05) is 86.0 Å². The maximum Gasteiger partial charge on any atom is 0.220 e. The summed E-state index contributed by atoms with van der Waals surface area (Å²) in [5.74, 6) is 1.20. The summed E-state index contributed by atoms with van der Waals surface area (Å²) in [6.07, 6.45) is 10.9. The molecule has 0 aliphatic rings. The second kappa shape index (κ2) is 16.2. The molecular weight excluding hydrogens is 792 g/mol. The van der Waals surface area contributed by atoms with E-state index in [4.69, 9.17) is 28.2 Å². The number of nitrogens with zero attached hydrogens (tertiary/aromatic N) is 8. The lowest BCUT2D eigenvalue weighted by Gasteiger charge is -2.10. The van der Waals surface area contributed by atoms with Gasteiger partial charge in [0.15, 0.2) is 5.16 Å². The van der Waals surface area contributed by atoms with E-state index < -0.39 is 10.8 Å². The second-order valence-electron chi connectivity index (χ2n) is 12.9. The number of imidazole rings is 2. The number of rotatable bonds is 8. The van der Waals surface area contributed by atoms with Crippen LogP contribution in [0.4, 0.5) is 0 Å². The molecule has 0 aliphatic carbocycles. The molecule has 10 rings (SSSR count). The molecular formula is C44H30Cl2N8OS2. The van der Waals surface area contributed by atoms with Gasteiger partial charge in [-0.05, 0) is 35.4 Å². The predicted molar refractivity (Wildman–Crippen MR) is 230 cm³/mol. The largest absolute Gasteiger partial charge is 0.283 e. The Labute approximate surface area is 343 Å². The minimum absolute atomic E-state index is 0.307. The Bertz CT molecular complexity index is 3070.